The first-order valence-corrected chi connectivity index (χ1v) is 8.56. The summed E-state index contributed by atoms with van der Waals surface area (Å²) in [6.07, 6.45) is 3.78. The number of carbonyl (C=O) groups excluding carboxylic acids is 2. The van der Waals surface area contributed by atoms with Crippen LogP contribution in [0.2, 0.25) is 0 Å². The number of hydrogen-bond donors (Lipinski definition) is 2. The van der Waals surface area contributed by atoms with Gasteiger partial charge in [0, 0.05) is 37.2 Å². The third kappa shape index (κ3) is 3.72. The van der Waals surface area contributed by atoms with E-state index in [4.69, 9.17) is 0 Å². The van der Waals surface area contributed by atoms with Gasteiger partial charge in [-0.05, 0) is 44.4 Å². The summed E-state index contributed by atoms with van der Waals surface area (Å²) >= 11 is 0. The van der Waals surface area contributed by atoms with Crippen molar-refractivity contribution in [2.24, 2.45) is 0 Å². The van der Waals surface area contributed by atoms with E-state index >= 15 is 0 Å². The number of nitrogens with zero attached hydrogens (tertiary/aromatic N) is 1. The monoisotopic (exact) mass is 315 g/mol. The van der Waals surface area contributed by atoms with Crippen molar-refractivity contribution in [2.75, 3.05) is 18.0 Å². The molecule has 0 spiro atoms. The van der Waals surface area contributed by atoms with E-state index in [1.807, 2.05) is 18.2 Å². The molecule has 2 aliphatic rings. The van der Waals surface area contributed by atoms with Gasteiger partial charge in [0.05, 0.1) is 0 Å². The molecule has 2 heterocycles. The molecular weight excluding hydrogens is 290 g/mol. The van der Waals surface area contributed by atoms with Crippen LogP contribution in [0.25, 0.3) is 0 Å². The minimum atomic E-state index is 0.0291. The van der Waals surface area contributed by atoms with Crippen molar-refractivity contribution in [1.29, 1.82) is 0 Å². The normalized spacial score (nSPS) is 24.2. The fourth-order valence-electron chi connectivity index (χ4n) is 3.48. The van der Waals surface area contributed by atoms with E-state index in [0.717, 1.165) is 31.5 Å². The standard InChI is InChI=1S/C18H25N3O2/c1-13-15(6-4-11-19-13)20-17(22)10-12-21-16-7-3-2-5-14(16)8-9-18(21)23/h2-3,5,7,13,15,19H,4,6,8-12H2,1H3,(H,20,22). The molecule has 0 saturated carbocycles. The van der Waals surface area contributed by atoms with Crippen LogP contribution in [-0.4, -0.2) is 37.0 Å². The lowest BCUT2D eigenvalue weighted by molar-refractivity contribution is -0.122. The fraction of sp³-hybridized carbons (Fsp3) is 0.556. The zero-order chi connectivity index (χ0) is 16.2. The number of benzene rings is 1. The maximum absolute atomic E-state index is 12.2. The summed E-state index contributed by atoms with van der Waals surface area (Å²) < 4.78 is 0. The molecule has 5 nitrogen and oxygen atoms in total. The minimum absolute atomic E-state index is 0.0291. The summed E-state index contributed by atoms with van der Waals surface area (Å²) in [4.78, 5) is 26.2. The Morgan fingerprint density at radius 2 is 2.17 bits per heavy atom. The SMILES string of the molecule is CC1NCCCC1NC(=O)CCN1C(=O)CCc2ccccc21. The molecule has 1 saturated heterocycles. The highest BCUT2D eigenvalue weighted by atomic mass is 16.2. The first-order chi connectivity index (χ1) is 11.1. The second kappa shape index (κ2) is 7.13. The summed E-state index contributed by atoms with van der Waals surface area (Å²) in [6, 6.07) is 8.48. The van der Waals surface area contributed by atoms with Crippen LogP contribution < -0.4 is 15.5 Å². The largest absolute Gasteiger partial charge is 0.352 e. The van der Waals surface area contributed by atoms with E-state index in [9.17, 15) is 9.59 Å². The molecule has 124 valence electrons. The quantitative estimate of drug-likeness (QED) is 0.887. The molecule has 1 fully saturated rings. The van der Waals surface area contributed by atoms with Crippen LogP contribution in [0.5, 0.6) is 0 Å². The number of fused-ring (bicyclic) bond motifs is 1. The van der Waals surface area contributed by atoms with Crippen molar-refractivity contribution in [3.63, 3.8) is 0 Å². The van der Waals surface area contributed by atoms with Crippen LogP contribution in [0, 0.1) is 0 Å². The van der Waals surface area contributed by atoms with Crippen LogP contribution in [0.3, 0.4) is 0 Å². The molecule has 3 rings (SSSR count). The summed E-state index contributed by atoms with van der Waals surface area (Å²) in [6.45, 7) is 3.58. The molecule has 2 amide bonds. The van der Waals surface area contributed by atoms with E-state index in [2.05, 4.69) is 23.6 Å². The summed E-state index contributed by atoms with van der Waals surface area (Å²) in [5.41, 5.74) is 2.15. The number of para-hydroxylation sites is 1. The zero-order valence-corrected chi connectivity index (χ0v) is 13.7. The van der Waals surface area contributed by atoms with Gasteiger partial charge in [0.1, 0.15) is 0 Å². The average Bonchev–Trinajstić information content (AvgIpc) is 2.56. The summed E-state index contributed by atoms with van der Waals surface area (Å²) in [5, 5.41) is 6.49. The van der Waals surface area contributed by atoms with Gasteiger partial charge >= 0.3 is 0 Å². The number of anilines is 1. The molecular formula is C18H25N3O2. The molecule has 0 bridgehead atoms. The Morgan fingerprint density at radius 1 is 1.35 bits per heavy atom. The van der Waals surface area contributed by atoms with Crippen LogP contribution in [0.1, 0.15) is 38.2 Å². The van der Waals surface area contributed by atoms with E-state index in [0.29, 0.717) is 25.4 Å². The van der Waals surface area contributed by atoms with Gasteiger partial charge in [0.15, 0.2) is 0 Å². The molecule has 5 heteroatoms. The Kier molecular flexibility index (Phi) is 4.96. The number of hydrogen-bond acceptors (Lipinski definition) is 3. The van der Waals surface area contributed by atoms with Gasteiger partial charge in [-0.15, -0.1) is 0 Å². The highest BCUT2D eigenvalue weighted by molar-refractivity contribution is 5.97. The van der Waals surface area contributed by atoms with Crippen LogP contribution in [0.15, 0.2) is 24.3 Å². The molecule has 23 heavy (non-hydrogen) atoms. The predicted octanol–water partition coefficient (Wildman–Crippen LogP) is 1.61. The van der Waals surface area contributed by atoms with E-state index in [-0.39, 0.29) is 17.9 Å². The molecule has 1 aromatic rings. The summed E-state index contributed by atoms with van der Waals surface area (Å²) in [7, 11) is 0. The van der Waals surface area contributed by atoms with E-state index in [1.54, 1.807) is 4.90 Å². The Morgan fingerprint density at radius 3 is 3.00 bits per heavy atom. The minimum Gasteiger partial charge on any atom is -0.352 e. The van der Waals surface area contributed by atoms with Crippen LogP contribution in [0.4, 0.5) is 5.69 Å². The third-order valence-electron chi connectivity index (χ3n) is 4.86. The number of amides is 2. The van der Waals surface area contributed by atoms with Gasteiger partial charge in [0.2, 0.25) is 11.8 Å². The van der Waals surface area contributed by atoms with Gasteiger partial charge in [-0.2, -0.15) is 0 Å². The van der Waals surface area contributed by atoms with Gasteiger partial charge in [-0.1, -0.05) is 18.2 Å². The number of aryl methyl sites for hydroxylation is 1. The van der Waals surface area contributed by atoms with Gasteiger partial charge in [-0.25, -0.2) is 0 Å². The Bertz CT molecular complexity index is 587. The Balaban J connectivity index is 1.57. The van der Waals surface area contributed by atoms with Crippen molar-refractivity contribution in [3.05, 3.63) is 29.8 Å². The maximum Gasteiger partial charge on any atom is 0.227 e. The lowest BCUT2D eigenvalue weighted by atomic mass is 9.99. The Labute approximate surface area is 137 Å². The van der Waals surface area contributed by atoms with E-state index in [1.165, 1.54) is 5.56 Å². The molecule has 0 aliphatic carbocycles. The van der Waals surface area contributed by atoms with Gasteiger partial charge in [0.25, 0.3) is 0 Å². The second-order valence-electron chi connectivity index (χ2n) is 6.48. The van der Waals surface area contributed by atoms with Crippen LogP contribution in [-0.2, 0) is 16.0 Å². The molecule has 0 aromatic heterocycles. The molecule has 2 atom stereocenters. The lowest BCUT2D eigenvalue weighted by Crippen LogP contribution is -2.52. The highest BCUT2D eigenvalue weighted by Crippen LogP contribution is 2.27. The second-order valence-corrected chi connectivity index (χ2v) is 6.48. The summed E-state index contributed by atoms with van der Waals surface area (Å²) in [5.74, 6) is 0.144. The number of nitrogens with one attached hydrogen (secondary N) is 2. The first kappa shape index (κ1) is 16.0. The smallest absolute Gasteiger partial charge is 0.227 e. The topological polar surface area (TPSA) is 61.4 Å². The number of piperidine rings is 1. The highest BCUT2D eigenvalue weighted by Gasteiger charge is 2.25. The van der Waals surface area contributed by atoms with Gasteiger partial charge < -0.3 is 15.5 Å². The molecule has 2 N–H and O–H groups in total. The molecule has 2 unspecified atom stereocenters. The zero-order valence-electron chi connectivity index (χ0n) is 13.7. The van der Waals surface area contributed by atoms with Crippen molar-refractivity contribution in [3.8, 4) is 0 Å². The lowest BCUT2D eigenvalue weighted by Gasteiger charge is -2.32. The first-order valence-electron chi connectivity index (χ1n) is 8.56. The van der Waals surface area contributed by atoms with Crippen molar-refractivity contribution < 1.29 is 9.59 Å². The third-order valence-corrected chi connectivity index (χ3v) is 4.86. The fourth-order valence-corrected chi connectivity index (χ4v) is 3.48. The Hall–Kier alpha value is -1.88. The predicted molar refractivity (Wildman–Crippen MR) is 90.4 cm³/mol. The van der Waals surface area contributed by atoms with Crippen molar-refractivity contribution in [1.82, 2.24) is 10.6 Å². The van der Waals surface area contributed by atoms with Crippen molar-refractivity contribution >= 4 is 17.5 Å². The number of carbonyl (C=O) groups is 2. The van der Waals surface area contributed by atoms with Gasteiger partial charge in [-0.3, -0.25) is 9.59 Å². The molecule has 0 radical (unpaired) electrons. The number of rotatable bonds is 4. The average molecular weight is 315 g/mol. The molecule has 2 aliphatic heterocycles. The van der Waals surface area contributed by atoms with E-state index < -0.39 is 0 Å². The van der Waals surface area contributed by atoms with Crippen LogP contribution >= 0.6 is 0 Å². The van der Waals surface area contributed by atoms with Crippen molar-refractivity contribution in [2.45, 2.75) is 51.1 Å². The molecule has 1 aromatic carbocycles. The maximum atomic E-state index is 12.2.